The molecule has 0 spiro atoms. The molecule has 0 aromatic carbocycles. The van der Waals surface area contributed by atoms with Gasteiger partial charge in [-0.25, -0.2) is 9.97 Å². The van der Waals surface area contributed by atoms with Crippen molar-refractivity contribution in [2.45, 2.75) is 18.9 Å². The van der Waals surface area contributed by atoms with E-state index in [1.54, 1.807) is 12.5 Å². The zero-order valence-electron chi connectivity index (χ0n) is 7.66. The summed E-state index contributed by atoms with van der Waals surface area (Å²) < 4.78 is 0.979. The Kier molecular flexibility index (Phi) is 3.38. The molecule has 0 saturated carbocycles. The molecule has 14 heavy (non-hydrogen) atoms. The fraction of sp³-hybridized carbons (Fsp3) is 0.556. The minimum Gasteiger partial charge on any atom is -0.352 e. The van der Waals surface area contributed by atoms with Crippen molar-refractivity contribution in [2.24, 2.45) is 0 Å². The summed E-state index contributed by atoms with van der Waals surface area (Å²) in [5.41, 5.74) is 0. The molecule has 0 amide bonds. The first-order valence-corrected chi connectivity index (χ1v) is 6.52. The minimum absolute atomic E-state index is 0.571. The third-order valence-electron chi connectivity index (χ3n) is 2.48. The fourth-order valence-electron chi connectivity index (χ4n) is 1.79. The van der Waals surface area contributed by atoms with Gasteiger partial charge in [0.25, 0.3) is 0 Å². The van der Waals surface area contributed by atoms with Gasteiger partial charge in [0, 0.05) is 24.1 Å². The topological polar surface area (TPSA) is 29.0 Å². The lowest BCUT2D eigenvalue weighted by atomic mass is 10.2. The Bertz CT molecular complexity index is 319. The summed E-state index contributed by atoms with van der Waals surface area (Å²) in [6, 6.07) is 0.571. The molecule has 2 rings (SSSR count). The Labute approximate surface area is 100 Å². The number of anilines is 1. The molecule has 1 unspecified atom stereocenters. The quantitative estimate of drug-likeness (QED) is 0.784. The maximum Gasteiger partial charge on any atom is 0.146 e. The van der Waals surface area contributed by atoms with Crippen LogP contribution >= 0.6 is 31.9 Å². The Balaban J connectivity index is 2.26. The average molecular weight is 321 g/mol. The number of alkyl halides is 1. The van der Waals surface area contributed by atoms with Gasteiger partial charge < -0.3 is 4.90 Å². The second-order valence-corrected chi connectivity index (χ2v) is 4.84. The molecule has 1 aliphatic rings. The van der Waals surface area contributed by atoms with Crippen molar-refractivity contribution in [3.63, 3.8) is 0 Å². The third kappa shape index (κ3) is 1.93. The fourth-order valence-corrected chi connectivity index (χ4v) is 2.91. The number of aromatic nitrogens is 2. The summed E-state index contributed by atoms with van der Waals surface area (Å²) in [5, 5.41) is 1.00. The lowest BCUT2D eigenvalue weighted by Gasteiger charge is -2.24. The van der Waals surface area contributed by atoms with E-state index in [-0.39, 0.29) is 0 Å². The summed E-state index contributed by atoms with van der Waals surface area (Å²) in [6.45, 7) is 1.09. The Morgan fingerprint density at radius 3 is 3.14 bits per heavy atom. The molecule has 1 atom stereocenters. The highest BCUT2D eigenvalue weighted by atomic mass is 79.9. The molecule has 0 aliphatic carbocycles. The van der Waals surface area contributed by atoms with Gasteiger partial charge in [-0.1, -0.05) is 15.9 Å². The van der Waals surface area contributed by atoms with E-state index >= 15 is 0 Å². The first-order valence-electron chi connectivity index (χ1n) is 4.61. The molecule has 1 aromatic rings. The van der Waals surface area contributed by atoms with E-state index in [4.69, 9.17) is 0 Å². The van der Waals surface area contributed by atoms with E-state index in [1.807, 2.05) is 0 Å². The van der Waals surface area contributed by atoms with Crippen LogP contribution < -0.4 is 4.90 Å². The summed E-state index contributed by atoms with van der Waals surface area (Å²) >= 11 is 7.02. The molecule has 1 aromatic heterocycles. The predicted octanol–water partition coefficient (Wildman–Crippen LogP) is 2.60. The van der Waals surface area contributed by atoms with Gasteiger partial charge in [-0.3, -0.25) is 0 Å². The summed E-state index contributed by atoms with van der Waals surface area (Å²) in [4.78, 5) is 10.6. The van der Waals surface area contributed by atoms with Crippen molar-refractivity contribution in [2.75, 3.05) is 16.8 Å². The van der Waals surface area contributed by atoms with Crippen LogP contribution in [-0.2, 0) is 0 Å². The molecule has 2 heterocycles. The number of rotatable bonds is 2. The summed E-state index contributed by atoms with van der Waals surface area (Å²) in [7, 11) is 0. The van der Waals surface area contributed by atoms with Crippen LogP contribution in [0.4, 0.5) is 5.82 Å². The van der Waals surface area contributed by atoms with Gasteiger partial charge in [0.2, 0.25) is 0 Å². The number of halogens is 2. The average Bonchev–Trinajstić information content (AvgIpc) is 2.66. The van der Waals surface area contributed by atoms with Crippen molar-refractivity contribution in [1.29, 1.82) is 0 Å². The first-order chi connectivity index (χ1) is 6.83. The first kappa shape index (κ1) is 10.4. The van der Waals surface area contributed by atoms with Crippen molar-refractivity contribution in [3.05, 3.63) is 17.0 Å². The predicted molar refractivity (Wildman–Crippen MR) is 63.9 cm³/mol. The molecule has 1 aliphatic heterocycles. The monoisotopic (exact) mass is 319 g/mol. The van der Waals surface area contributed by atoms with E-state index in [2.05, 4.69) is 46.7 Å². The van der Waals surface area contributed by atoms with Gasteiger partial charge >= 0.3 is 0 Å². The van der Waals surface area contributed by atoms with E-state index in [0.29, 0.717) is 6.04 Å². The van der Waals surface area contributed by atoms with Crippen LogP contribution in [0.1, 0.15) is 12.8 Å². The van der Waals surface area contributed by atoms with Gasteiger partial charge in [-0.2, -0.15) is 0 Å². The van der Waals surface area contributed by atoms with Gasteiger partial charge in [0.1, 0.15) is 12.1 Å². The van der Waals surface area contributed by atoms with Crippen molar-refractivity contribution in [1.82, 2.24) is 9.97 Å². The van der Waals surface area contributed by atoms with Crippen LogP contribution in [0.5, 0.6) is 0 Å². The van der Waals surface area contributed by atoms with E-state index in [0.717, 1.165) is 22.2 Å². The summed E-state index contributed by atoms with van der Waals surface area (Å²) in [6.07, 6.45) is 5.88. The number of hydrogen-bond acceptors (Lipinski definition) is 3. The SMILES string of the molecule is BrCC1CCCN1c1ncncc1Br. The highest BCUT2D eigenvalue weighted by Gasteiger charge is 2.25. The zero-order valence-corrected chi connectivity index (χ0v) is 10.8. The molecule has 76 valence electrons. The van der Waals surface area contributed by atoms with Crippen LogP contribution in [0.25, 0.3) is 0 Å². The summed E-state index contributed by atoms with van der Waals surface area (Å²) in [5.74, 6) is 1.02. The molecule has 0 radical (unpaired) electrons. The molecule has 3 nitrogen and oxygen atoms in total. The highest BCUT2D eigenvalue weighted by Crippen LogP contribution is 2.29. The van der Waals surface area contributed by atoms with E-state index < -0.39 is 0 Å². The molecule has 1 saturated heterocycles. The van der Waals surface area contributed by atoms with Crippen molar-refractivity contribution >= 4 is 37.7 Å². The normalized spacial score (nSPS) is 21.6. The zero-order chi connectivity index (χ0) is 9.97. The Hall–Kier alpha value is -0.160. The standard InChI is InChI=1S/C9H11Br2N3/c10-4-7-2-1-3-14(7)9-8(11)5-12-6-13-9/h5-7H,1-4H2. The molecule has 5 heteroatoms. The lowest BCUT2D eigenvalue weighted by Crippen LogP contribution is -2.31. The maximum atomic E-state index is 4.31. The number of hydrogen-bond donors (Lipinski definition) is 0. The van der Waals surface area contributed by atoms with Crippen LogP contribution in [0.2, 0.25) is 0 Å². The molecular weight excluding hydrogens is 310 g/mol. The molecule has 0 N–H and O–H groups in total. The molecular formula is C9H11Br2N3. The van der Waals surface area contributed by atoms with Crippen molar-refractivity contribution < 1.29 is 0 Å². The second-order valence-electron chi connectivity index (χ2n) is 3.34. The Morgan fingerprint density at radius 2 is 2.43 bits per heavy atom. The van der Waals surface area contributed by atoms with E-state index in [9.17, 15) is 0 Å². The minimum atomic E-state index is 0.571. The third-order valence-corrected chi connectivity index (χ3v) is 3.78. The van der Waals surface area contributed by atoms with Gasteiger partial charge in [0.15, 0.2) is 0 Å². The van der Waals surface area contributed by atoms with Crippen LogP contribution in [-0.4, -0.2) is 27.9 Å². The van der Waals surface area contributed by atoms with Crippen LogP contribution in [0, 0.1) is 0 Å². The molecule has 0 bridgehead atoms. The van der Waals surface area contributed by atoms with E-state index in [1.165, 1.54) is 12.8 Å². The molecule has 1 fully saturated rings. The van der Waals surface area contributed by atoms with Crippen molar-refractivity contribution in [3.8, 4) is 0 Å². The van der Waals surface area contributed by atoms with Gasteiger partial charge in [-0.15, -0.1) is 0 Å². The van der Waals surface area contributed by atoms with Crippen LogP contribution in [0.3, 0.4) is 0 Å². The maximum absolute atomic E-state index is 4.31. The smallest absolute Gasteiger partial charge is 0.146 e. The largest absolute Gasteiger partial charge is 0.352 e. The van der Waals surface area contributed by atoms with Gasteiger partial charge in [-0.05, 0) is 28.8 Å². The lowest BCUT2D eigenvalue weighted by molar-refractivity contribution is 0.738. The Morgan fingerprint density at radius 1 is 1.57 bits per heavy atom. The highest BCUT2D eigenvalue weighted by molar-refractivity contribution is 9.10. The number of nitrogens with zero attached hydrogens (tertiary/aromatic N) is 3. The second kappa shape index (κ2) is 4.57. The van der Waals surface area contributed by atoms with Crippen LogP contribution in [0.15, 0.2) is 17.0 Å². The van der Waals surface area contributed by atoms with Gasteiger partial charge in [0.05, 0.1) is 4.47 Å².